The van der Waals surface area contributed by atoms with Gasteiger partial charge in [-0.2, -0.15) is 0 Å². The summed E-state index contributed by atoms with van der Waals surface area (Å²) < 4.78 is 4.84. The second kappa shape index (κ2) is 15.7. The Kier molecular flexibility index (Phi) is 14.7. The Balaban J connectivity index is 5.61. The summed E-state index contributed by atoms with van der Waals surface area (Å²) in [5.41, 5.74) is 6.00. The van der Waals surface area contributed by atoms with Gasteiger partial charge in [0.15, 0.2) is 0 Å². The van der Waals surface area contributed by atoms with Crippen LogP contribution >= 0.6 is 0 Å². The highest BCUT2D eigenvalue weighted by Crippen LogP contribution is 2.13. The molecular formula is C25H48N4O5. The van der Waals surface area contributed by atoms with E-state index in [0.29, 0.717) is 25.7 Å². The molecule has 0 spiro atoms. The summed E-state index contributed by atoms with van der Waals surface area (Å²) in [7, 11) is 1.28. The summed E-state index contributed by atoms with van der Waals surface area (Å²) in [5.74, 6) is -1.49. The number of amides is 3. The van der Waals surface area contributed by atoms with Gasteiger partial charge in [0.25, 0.3) is 0 Å². The molecule has 0 radical (unpaired) electrons. The fourth-order valence-corrected chi connectivity index (χ4v) is 3.64. The van der Waals surface area contributed by atoms with Crippen LogP contribution in [0.2, 0.25) is 0 Å². The van der Waals surface area contributed by atoms with Crippen molar-refractivity contribution in [2.24, 2.45) is 29.4 Å². The number of hydrogen-bond donors (Lipinski definition) is 4. The van der Waals surface area contributed by atoms with Gasteiger partial charge >= 0.3 is 5.97 Å². The molecule has 0 aliphatic carbocycles. The number of methoxy groups -OCH3 is 1. The van der Waals surface area contributed by atoms with Gasteiger partial charge in [-0.1, -0.05) is 61.8 Å². The van der Waals surface area contributed by atoms with E-state index in [1.807, 2.05) is 55.4 Å². The monoisotopic (exact) mass is 484 g/mol. The molecular weight excluding hydrogens is 436 g/mol. The van der Waals surface area contributed by atoms with E-state index < -0.39 is 42.0 Å². The van der Waals surface area contributed by atoms with E-state index in [-0.39, 0.29) is 29.6 Å². The second-order valence-electron chi connectivity index (χ2n) is 10.5. The van der Waals surface area contributed by atoms with E-state index in [4.69, 9.17) is 10.5 Å². The van der Waals surface area contributed by atoms with Gasteiger partial charge in [0, 0.05) is 0 Å². The lowest BCUT2D eigenvalue weighted by atomic mass is 9.95. The van der Waals surface area contributed by atoms with Gasteiger partial charge < -0.3 is 26.4 Å². The Labute approximate surface area is 205 Å². The summed E-state index contributed by atoms with van der Waals surface area (Å²) in [4.78, 5) is 51.1. The molecule has 0 unspecified atom stereocenters. The number of esters is 1. The third-order valence-electron chi connectivity index (χ3n) is 5.70. The van der Waals surface area contributed by atoms with E-state index in [1.165, 1.54) is 7.11 Å². The molecule has 0 aliphatic rings. The third-order valence-corrected chi connectivity index (χ3v) is 5.70. The molecule has 9 nitrogen and oxygen atoms in total. The van der Waals surface area contributed by atoms with Crippen LogP contribution in [0.5, 0.6) is 0 Å². The maximum absolute atomic E-state index is 13.2. The van der Waals surface area contributed by atoms with Gasteiger partial charge in [-0.05, 0) is 42.9 Å². The number of nitrogens with one attached hydrogen (secondary N) is 3. The van der Waals surface area contributed by atoms with Crippen LogP contribution < -0.4 is 21.7 Å². The van der Waals surface area contributed by atoms with Gasteiger partial charge in [-0.3, -0.25) is 14.4 Å². The van der Waals surface area contributed by atoms with Crippen molar-refractivity contribution >= 4 is 23.7 Å². The molecule has 0 fully saturated rings. The molecule has 0 heterocycles. The topological polar surface area (TPSA) is 140 Å². The summed E-state index contributed by atoms with van der Waals surface area (Å²) in [6.45, 7) is 15.5. The van der Waals surface area contributed by atoms with Crippen LogP contribution in [0.15, 0.2) is 0 Å². The standard InChI is InChI=1S/C25H48N4O5/c1-10-17(8)21(24(32)28-20(13-16(6)7)25(33)34-9)29-23(31)19(12-15(4)5)27-22(30)18(26)11-14(2)3/h14-21H,10-13,26H2,1-9H3,(H,27,30)(H,28,32)(H,29,31)/t17-,18-,19-,20-,21-/m0/s1. The van der Waals surface area contributed by atoms with E-state index in [0.717, 1.165) is 0 Å². The Morgan fingerprint density at radius 2 is 1.18 bits per heavy atom. The zero-order valence-corrected chi connectivity index (χ0v) is 22.6. The first-order valence-electron chi connectivity index (χ1n) is 12.5. The highest BCUT2D eigenvalue weighted by Gasteiger charge is 2.33. The number of carbonyl (C=O) groups is 4. The molecule has 0 bridgehead atoms. The molecule has 3 amide bonds. The average Bonchev–Trinajstić information content (AvgIpc) is 2.73. The highest BCUT2D eigenvalue weighted by atomic mass is 16.5. The molecule has 34 heavy (non-hydrogen) atoms. The number of carbonyl (C=O) groups excluding carboxylic acids is 4. The lowest BCUT2D eigenvalue weighted by Crippen LogP contribution is -2.59. The predicted molar refractivity (Wildman–Crippen MR) is 134 cm³/mol. The minimum Gasteiger partial charge on any atom is -0.467 e. The molecule has 0 saturated heterocycles. The summed E-state index contributed by atoms with van der Waals surface area (Å²) in [6.07, 6.45) is 1.95. The van der Waals surface area contributed by atoms with Gasteiger partial charge in [-0.15, -0.1) is 0 Å². The van der Waals surface area contributed by atoms with Crippen LogP contribution in [0.3, 0.4) is 0 Å². The fraction of sp³-hybridized carbons (Fsp3) is 0.840. The highest BCUT2D eigenvalue weighted by molar-refractivity contribution is 5.94. The quantitative estimate of drug-likeness (QED) is 0.263. The first-order valence-corrected chi connectivity index (χ1v) is 12.5. The summed E-state index contributed by atoms with van der Waals surface area (Å²) in [6, 6.07) is -3.21. The summed E-state index contributed by atoms with van der Waals surface area (Å²) in [5, 5.41) is 8.33. The van der Waals surface area contributed by atoms with Gasteiger partial charge in [-0.25, -0.2) is 4.79 Å². The Hall–Kier alpha value is -2.16. The van der Waals surface area contributed by atoms with Crippen LogP contribution in [0, 0.1) is 23.7 Å². The fourth-order valence-electron chi connectivity index (χ4n) is 3.64. The first-order chi connectivity index (χ1) is 15.7. The molecule has 9 heteroatoms. The molecule has 5 atom stereocenters. The maximum Gasteiger partial charge on any atom is 0.328 e. The van der Waals surface area contributed by atoms with Crippen molar-refractivity contribution in [3.05, 3.63) is 0 Å². The zero-order valence-electron chi connectivity index (χ0n) is 22.6. The van der Waals surface area contributed by atoms with Crippen molar-refractivity contribution in [2.45, 2.75) is 105 Å². The van der Waals surface area contributed by atoms with E-state index >= 15 is 0 Å². The van der Waals surface area contributed by atoms with E-state index in [9.17, 15) is 19.2 Å². The molecule has 0 aromatic heterocycles. The van der Waals surface area contributed by atoms with Crippen LogP contribution in [0.25, 0.3) is 0 Å². The van der Waals surface area contributed by atoms with Crippen molar-refractivity contribution in [3.8, 4) is 0 Å². The molecule has 0 saturated carbocycles. The van der Waals surface area contributed by atoms with Gasteiger partial charge in [0.05, 0.1) is 13.2 Å². The number of hydrogen-bond acceptors (Lipinski definition) is 6. The van der Waals surface area contributed by atoms with E-state index in [2.05, 4.69) is 16.0 Å². The lowest BCUT2D eigenvalue weighted by Gasteiger charge is -2.29. The SMILES string of the molecule is CC[C@H](C)[C@H](NC(=O)[C@H](CC(C)C)NC(=O)[C@@H](N)CC(C)C)C(=O)N[C@@H](CC(C)C)C(=O)OC. The number of rotatable bonds is 15. The van der Waals surface area contributed by atoms with Crippen molar-refractivity contribution in [2.75, 3.05) is 7.11 Å². The van der Waals surface area contributed by atoms with E-state index in [1.54, 1.807) is 0 Å². The number of ether oxygens (including phenoxy) is 1. The molecule has 198 valence electrons. The normalized spacial score (nSPS) is 15.9. The van der Waals surface area contributed by atoms with Crippen molar-refractivity contribution in [1.82, 2.24) is 16.0 Å². The van der Waals surface area contributed by atoms with Crippen molar-refractivity contribution < 1.29 is 23.9 Å². The molecule has 0 aromatic carbocycles. The Morgan fingerprint density at radius 3 is 1.62 bits per heavy atom. The predicted octanol–water partition coefficient (Wildman–Crippen LogP) is 2.13. The van der Waals surface area contributed by atoms with Crippen LogP contribution in [0.1, 0.15) is 81.1 Å². The first kappa shape index (κ1) is 31.8. The van der Waals surface area contributed by atoms with Crippen LogP contribution in [-0.2, 0) is 23.9 Å². The van der Waals surface area contributed by atoms with Crippen molar-refractivity contribution in [3.63, 3.8) is 0 Å². The Morgan fingerprint density at radius 1 is 0.706 bits per heavy atom. The maximum atomic E-state index is 13.2. The van der Waals surface area contributed by atoms with Crippen LogP contribution in [-0.4, -0.2) is 55.0 Å². The minimum atomic E-state index is -0.868. The van der Waals surface area contributed by atoms with Crippen LogP contribution in [0.4, 0.5) is 0 Å². The van der Waals surface area contributed by atoms with Crippen molar-refractivity contribution in [1.29, 1.82) is 0 Å². The zero-order chi connectivity index (χ0) is 26.6. The van der Waals surface area contributed by atoms with Gasteiger partial charge in [0.1, 0.15) is 18.1 Å². The molecule has 0 aromatic rings. The average molecular weight is 485 g/mol. The van der Waals surface area contributed by atoms with Gasteiger partial charge in [0.2, 0.25) is 17.7 Å². The molecule has 0 rings (SSSR count). The minimum absolute atomic E-state index is 0.128. The smallest absolute Gasteiger partial charge is 0.328 e. The summed E-state index contributed by atoms with van der Waals surface area (Å²) >= 11 is 0. The number of nitrogens with two attached hydrogens (primary N) is 1. The largest absolute Gasteiger partial charge is 0.467 e. The molecule has 5 N–H and O–H groups in total. The second-order valence-corrected chi connectivity index (χ2v) is 10.5. The lowest BCUT2D eigenvalue weighted by molar-refractivity contribution is -0.146. The molecule has 0 aliphatic heterocycles. The Bertz CT molecular complexity index is 666. The third kappa shape index (κ3) is 11.8.